The van der Waals surface area contributed by atoms with Crippen LogP contribution in [0.1, 0.15) is 12.5 Å². The lowest BCUT2D eigenvalue weighted by Crippen LogP contribution is -2.38. The third-order valence-electron chi connectivity index (χ3n) is 3.27. The van der Waals surface area contributed by atoms with E-state index in [1.165, 1.54) is 4.31 Å². The standard InChI is InChI=1S/C12H18N2O4S2/c1-9-7-10-8-11(13)3-4-12(10)14(9)20(17,18)6-5-19(2,15)16/h3-4,8-9H,5-7,13H2,1-2H3. The molecule has 0 fully saturated rings. The van der Waals surface area contributed by atoms with Crippen LogP contribution in [0.25, 0.3) is 0 Å². The van der Waals surface area contributed by atoms with E-state index in [4.69, 9.17) is 5.73 Å². The number of anilines is 2. The molecule has 0 aromatic heterocycles. The zero-order chi connectivity index (χ0) is 15.1. The monoisotopic (exact) mass is 318 g/mol. The number of nitrogens with two attached hydrogens (primary N) is 1. The third-order valence-corrected chi connectivity index (χ3v) is 6.35. The SMILES string of the molecule is CC1Cc2cc(N)ccc2N1S(=O)(=O)CCS(C)(=O)=O. The molecule has 0 amide bonds. The molecule has 2 rings (SSSR count). The Hall–Kier alpha value is -1.28. The minimum absolute atomic E-state index is 0.226. The molecule has 112 valence electrons. The predicted molar refractivity (Wildman–Crippen MR) is 80.0 cm³/mol. The van der Waals surface area contributed by atoms with Crippen LogP contribution < -0.4 is 10.0 Å². The van der Waals surface area contributed by atoms with Gasteiger partial charge in [-0.25, -0.2) is 16.8 Å². The van der Waals surface area contributed by atoms with Crippen LogP contribution in [0.4, 0.5) is 11.4 Å². The fourth-order valence-electron chi connectivity index (χ4n) is 2.40. The van der Waals surface area contributed by atoms with Crippen molar-refractivity contribution in [3.05, 3.63) is 23.8 Å². The average Bonchev–Trinajstić information content (AvgIpc) is 2.61. The predicted octanol–water partition coefficient (Wildman–Crippen LogP) is 0.394. The number of nitrogens with zero attached hydrogens (tertiary/aromatic N) is 1. The summed E-state index contributed by atoms with van der Waals surface area (Å²) in [5, 5.41) is 0. The molecule has 0 radical (unpaired) electrons. The number of sulfonamides is 1. The first-order valence-corrected chi connectivity index (χ1v) is 9.85. The van der Waals surface area contributed by atoms with E-state index in [1.807, 2.05) is 0 Å². The second-order valence-electron chi connectivity index (χ2n) is 5.18. The lowest BCUT2D eigenvalue weighted by atomic mass is 10.1. The Bertz CT molecular complexity index is 726. The topological polar surface area (TPSA) is 97.5 Å². The fraction of sp³-hybridized carbons (Fsp3) is 0.500. The van der Waals surface area contributed by atoms with Crippen molar-refractivity contribution in [2.24, 2.45) is 0 Å². The molecule has 0 aliphatic carbocycles. The smallest absolute Gasteiger partial charge is 0.236 e. The van der Waals surface area contributed by atoms with Crippen molar-refractivity contribution >= 4 is 31.2 Å². The largest absolute Gasteiger partial charge is 0.399 e. The number of rotatable bonds is 4. The molecule has 0 saturated heterocycles. The summed E-state index contributed by atoms with van der Waals surface area (Å²) in [5.74, 6) is -0.775. The molecule has 1 aliphatic heterocycles. The van der Waals surface area contributed by atoms with Gasteiger partial charge in [-0.05, 0) is 37.1 Å². The minimum atomic E-state index is -3.66. The maximum Gasteiger partial charge on any atom is 0.236 e. The molecule has 8 heteroatoms. The summed E-state index contributed by atoms with van der Waals surface area (Å²) in [6.07, 6.45) is 1.61. The van der Waals surface area contributed by atoms with Gasteiger partial charge < -0.3 is 5.73 Å². The fourth-order valence-corrected chi connectivity index (χ4v) is 5.75. The van der Waals surface area contributed by atoms with E-state index < -0.39 is 25.6 Å². The van der Waals surface area contributed by atoms with Crippen molar-refractivity contribution in [2.75, 3.05) is 27.8 Å². The number of nitrogen functional groups attached to an aromatic ring is 1. The molecule has 1 aromatic carbocycles. The number of hydrogen-bond acceptors (Lipinski definition) is 5. The first kappa shape index (κ1) is 15.1. The highest BCUT2D eigenvalue weighted by molar-refractivity contribution is 7.95. The van der Waals surface area contributed by atoms with Crippen molar-refractivity contribution < 1.29 is 16.8 Å². The van der Waals surface area contributed by atoms with Crippen molar-refractivity contribution in [1.29, 1.82) is 0 Å². The van der Waals surface area contributed by atoms with Crippen LogP contribution in [0.5, 0.6) is 0 Å². The molecule has 1 unspecified atom stereocenters. The van der Waals surface area contributed by atoms with E-state index in [-0.39, 0.29) is 11.8 Å². The summed E-state index contributed by atoms with van der Waals surface area (Å²) in [6.45, 7) is 1.80. The van der Waals surface area contributed by atoms with Gasteiger partial charge in [-0.1, -0.05) is 0 Å². The van der Waals surface area contributed by atoms with Gasteiger partial charge in [-0.2, -0.15) is 0 Å². The highest BCUT2D eigenvalue weighted by Crippen LogP contribution is 2.35. The third kappa shape index (κ3) is 3.06. The Balaban J connectivity index is 2.34. The molecule has 0 spiro atoms. The number of fused-ring (bicyclic) bond motifs is 1. The summed E-state index contributed by atoms with van der Waals surface area (Å²) < 4.78 is 48.4. The van der Waals surface area contributed by atoms with Crippen LogP contribution in [0, 0.1) is 0 Å². The van der Waals surface area contributed by atoms with Gasteiger partial charge in [0.1, 0.15) is 9.84 Å². The summed E-state index contributed by atoms with van der Waals surface area (Å²) in [5.41, 5.74) is 7.76. The molecule has 0 bridgehead atoms. The molecule has 1 atom stereocenters. The molecule has 20 heavy (non-hydrogen) atoms. The van der Waals surface area contributed by atoms with Crippen LogP contribution >= 0.6 is 0 Å². The Morgan fingerprint density at radius 3 is 2.50 bits per heavy atom. The molecule has 1 heterocycles. The number of sulfone groups is 1. The summed E-state index contributed by atoms with van der Waals surface area (Å²) in [7, 11) is -6.97. The normalized spacial score (nSPS) is 19.1. The molecular weight excluding hydrogens is 300 g/mol. The van der Waals surface area contributed by atoms with Crippen LogP contribution in [0.2, 0.25) is 0 Å². The molecule has 1 aliphatic rings. The summed E-state index contributed by atoms with van der Waals surface area (Å²) in [6, 6.07) is 4.86. The molecule has 2 N–H and O–H groups in total. The first-order chi connectivity index (χ1) is 9.10. The van der Waals surface area contributed by atoms with Gasteiger partial charge in [0.25, 0.3) is 0 Å². The zero-order valence-corrected chi connectivity index (χ0v) is 13.0. The van der Waals surface area contributed by atoms with Crippen molar-refractivity contribution in [3.63, 3.8) is 0 Å². The molecular formula is C12H18N2O4S2. The van der Waals surface area contributed by atoms with Crippen molar-refractivity contribution in [3.8, 4) is 0 Å². The van der Waals surface area contributed by atoms with Gasteiger partial charge >= 0.3 is 0 Å². The van der Waals surface area contributed by atoms with Crippen LogP contribution in [0.3, 0.4) is 0 Å². The maximum absolute atomic E-state index is 12.4. The molecule has 1 aromatic rings. The summed E-state index contributed by atoms with van der Waals surface area (Å²) >= 11 is 0. The van der Waals surface area contributed by atoms with E-state index in [1.54, 1.807) is 25.1 Å². The van der Waals surface area contributed by atoms with Gasteiger partial charge in [-0.15, -0.1) is 0 Å². The Kier molecular flexibility index (Phi) is 3.72. The van der Waals surface area contributed by atoms with Gasteiger partial charge in [0.15, 0.2) is 0 Å². The highest BCUT2D eigenvalue weighted by atomic mass is 32.2. The second kappa shape index (κ2) is 4.92. The quantitative estimate of drug-likeness (QED) is 0.810. The van der Waals surface area contributed by atoms with Crippen molar-refractivity contribution in [2.45, 2.75) is 19.4 Å². The Morgan fingerprint density at radius 2 is 1.90 bits per heavy atom. The maximum atomic E-state index is 12.4. The van der Waals surface area contributed by atoms with E-state index in [0.717, 1.165) is 11.8 Å². The van der Waals surface area contributed by atoms with E-state index in [0.29, 0.717) is 17.8 Å². The number of hydrogen-bond donors (Lipinski definition) is 1. The number of benzene rings is 1. The van der Waals surface area contributed by atoms with E-state index >= 15 is 0 Å². The first-order valence-electron chi connectivity index (χ1n) is 6.18. The Labute approximate surface area is 119 Å². The van der Waals surface area contributed by atoms with Crippen molar-refractivity contribution in [1.82, 2.24) is 0 Å². The second-order valence-corrected chi connectivity index (χ2v) is 9.41. The van der Waals surface area contributed by atoms with E-state index in [9.17, 15) is 16.8 Å². The van der Waals surface area contributed by atoms with Gasteiger partial charge in [0.05, 0.1) is 17.2 Å². The zero-order valence-electron chi connectivity index (χ0n) is 11.4. The van der Waals surface area contributed by atoms with Gasteiger partial charge in [-0.3, -0.25) is 4.31 Å². The lowest BCUT2D eigenvalue weighted by molar-refractivity contribution is 0.581. The minimum Gasteiger partial charge on any atom is -0.399 e. The molecule has 0 saturated carbocycles. The summed E-state index contributed by atoms with van der Waals surface area (Å²) in [4.78, 5) is 0. The van der Waals surface area contributed by atoms with Crippen LogP contribution in [0.15, 0.2) is 18.2 Å². The van der Waals surface area contributed by atoms with Crippen LogP contribution in [-0.2, 0) is 26.3 Å². The molecule has 6 nitrogen and oxygen atoms in total. The van der Waals surface area contributed by atoms with Gasteiger partial charge in [0, 0.05) is 18.0 Å². The van der Waals surface area contributed by atoms with Gasteiger partial charge in [0.2, 0.25) is 10.0 Å². The lowest BCUT2D eigenvalue weighted by Gasteiger charge is -2.24. The average molecular weight is 318 g/mol. The Morgan fingerprint density at radius 1 is 1.25 bits per heavy atom. The van der Waals surface area contributed by atoms with Crippen LogP contribution in [-0.4, -0.2) is 40.6 Å². The highest BCUT2D eigenvalue weighted by Gasteiger charge is 2.35. The van der Waals surface area contributed by atoms with E-state index in [2.05, 4.69) is 0 Å².